The molecule has 358 valence electrons. The van der Waals surface area contributed by atoms with Crippen LogP contribution >= 0.6 is 0 Å². The second-order valence-corrected chi connectivity index (χ2v) is 27.1. The minimum Gasteiger partial charge on any atom is -0.309 e. The van der Waals surface area contributed by atoms with E-state index in [1.54, 1.807) is 4.57 Å². The van der Waals surface area contributed by atoms with Gasteiger partial charge >= 0.3 is 0 Å². The maximum Gasteiger partial charge on any atom is 0.180 e. The predicted octanol–water partition coefficient (Wildman–Crippen LogP) is 12.3. The average molecular weight is 1010 g/mol. The Hall–Kier alpha value is -9.33. The third-order valence-electron chi connectivity index (χ3n) is 15.6. The molecule has 14 rings (SSSR count). The molecule has 0 amide bonds. The molecule has 0 atom stereocenters. The number of nitrogens with zero attached hydrogens (tertiary/aromatic N) is 2. The number of benzene rings is 12. The Morgan fingerprint density at radius 1 is 0.263 bits per heavy atom. The summed E-state index contributed by atoms with van der Waals surface area (Å²) >= 11 is 0. The van der Waals surface area contributed by atoms with E-state index in [9.17, 15) is 5.48 Å². The van der Waals surface area contributed by atoms with E-state index in [-0.39, 0.29) is 41.8 Å². The van der Waals surface area contributed by atoms with E-state index in [2.05, 4.69) is 235 Å². The molecule has 0 aliphatic rings. The maximum atomic E-state index is 10.2. The molecule has 0 radical (unpaired) electrons. The third kappa shape index (κ3) is 7.14. The van der Waals surface area contributed by atoms with Crippen molar-refractivity contribution in [2.75, 3.05) is 0 Å². The topological polar surface area (TPSA) is 9.86 Å². The quantitative estimate of drug-likeness (QED) is 0.0903. The molecule has 0 saturated carbocycles. The summed E-state index contributed by atoms with van der Waals surface area (Å²) in [6, 6.07) is 97.2. The number of hydrogen-bond donors (Lipinski definition) is 0. The van der Waals surface area contributed by atoms with Crippen LogP contribution in [0.4, 0.5) is 0 Å². The van der Waals surface area contributed by atoms with Crippen LogP contribution in [0.1, 0.15) is 8.22 Å². The van der Waals surface area contributed by atoms with Crippen molar-refractivity contribution in [3.05, 3.63) is 315 Å². The highest BCUT2D eigenvalue weighted by atomic mass is 28.3. The van der Waals surface area contributed by atoms with E-state index in [0.29, 0.717) is 27.7 Å². The van der Waals surface area contributed by atoms with E-state index in [4.69, 9.17) is 2.74 Å². The maximum absolute atomic E-state index is 10.2. The Labute approximate surface area is 454 Å². The first-order valence-electron chi connectivity index (χ1n) is 28.8. The Kier molecular flexibility index (Phi) is 9.72. The van der Waals surface area contributed by atoms with Gasteiger partial charge < -0.3 is 9.13 Å². The Balaban J connectivity index is 1.04. The van der Waals surface area contributed by atoms with Gasteiger partial charge in [-0.3, -0.25) is 0 Å². The molecular formula is C72H52N2Si2. The van der Waals surface area contributed by atoms with Crippen LogP contribution in [0, 0.1) is 0 Å². The summed E-state index contributed by atoms with van der Waals surface area (Å²) in [5, 5.41) is 12.4. The van der Waals surface area contributed by atoms with E-state index in [1.165, 1.54) is 36.3 Å². The molecule has 0 N–H and O–H groups in total. The van der Waals surface area contributed by atoms with Crippen LogP contribution in [0.25, 0.3) is 66.1 Å². The van der Waals surface area contributed by atoms with Crippen LogP contribution in [-0.2, 0) is 0 Å². The lowest BCUT2D eigenvalue weighted by atomic mass is 10.1. The number of rotatable bonds is 11. The van der Waals surface area contributed by atoms with Crippen LogP contribution in [0.2, 0.25) is 0 Å². The molecule has 4 heteroatoms. The second kappa shape index (κ2) is 18.9. The van der Waals surface area contributed by atoms with Gasteiger partial charge in [0.25, 0.3) is 0 Å². The summed E-state index contributed by atoms with van der Waals surface area (Å²) in [6.45, 7) is 0. The lowest BCUT2D eigenvalue weighted by molar-refractivity contribution is 1.17. The van der Waals surface area contributed by atoms with Crippen molar-refractivity contribution in [2.24, 2.45) is 0 Å². The molecule has 2 heterocycles. The molecule has 12 aromatic carbocycles. The molecule has 14 aromatic rings. The normalized spacial score (nSPS) is 13.1. The molecule has 0 saturated heterocycles. The first-order valence-corrected chi connectivity index (χ1v) is 29.8. The zero-order valence-electron chi connectivity index (χ0n) is 47.5. The minimum absolute atomic E-state index is 0.0367. The smallest absolute Gasteiger partial charge is 0.180 e. The second-order valence-electron chi connectivity index (χ2n) is 19.5. The molecule has 2 aromatic heterocycles. The van der Waals surface area contributed by atoms with Gasteiger partial charge in [-0.15, -0.1) is 0 Å². The fraction of sp³-hybridized carbons (Fsp3) is 0. The third-order valence-corrected chi connectivity index (χ3v) is 25.2. The van der Waals surface area contributed by atoms with E-state index >= 15 is 0 Å². The van der Waals surface area contributed by atoms with Gasteiger partial charge in [0.15, 0.2) is 16.1 Å². The Bertz CT molecular complexity index is 4590. The Morgan fingerprint density at radius 2 is 0.711 bits per heavy atom. The Morgan fingerprint density at radius 3 is 1.32 bits per heavy atom. The number of para-hydroxylation sites is 2. The van der Waals surface area contributed by atoms with Gasteiger partial charge in [0.1, 0.15) is 0 Å². The van der Waals surface area contributed by atoms with Crippen molar-refractivity contribution in [1.29, 1.82) is 0 Å². The molecule has 0 spiro atoms. The molecule has 76 heavy (non-hydrogen) atoms. The zero-order chi connectivity index (χ0) is 55.7. The van der Waals surface area contributed by atoms with Crippen molar-refractivity contribution < 1.29 is 8.22 Å². The molecular weight excluding hydrogens is 949 g/mol. The number of aromatic nitrogens is 2. The van der Waals surface area contributed by atoms with Crippen molar-refractivity contribution in [3.8, 4) is 22.5 Å². The van der Waals surface area contributed by atoms with Crippen LogP contribution < -0.4 is 41.5 Å². The van der Waals surface area contributed by atoms with Crippen molar-refractivity contribution in [2.45, 2.75) is 0 Å². The summed E-state index contributed by atoms with van der Waals surface area (Å²) in [6.07, 6.45) is 0. The van der Waals surface area contributed by atoms with Gasteiger partial charge in [0, 0.05) is 32.9 Å². The molecule has 0 aliphatic carbocycles. The lowest BCUT2D eigenvalue weighted by Crippen LogP contribution is -2.74. The van der Waals surface area contributed by atoms with Gasteiger partial charge in [0.05, 0.1) is 30.3 Å². The lowest BCUT2D eigenvalue weighted by Gasteiger charge is -2.35. The fourth-order valence-electron chi connectivity index (χ4n) is 12.4. The van der Waals surface area contributed by atoms with E-state index in [0.717, 1.165) is 38.1 Å². The highest BCUT2D eigenvalue weighted by Crippen LogP contribution is 2.37. The van der Waals surface area contributed by atoms with Gasteiger partial charge in [-0.25, -0.2) is 0 Å². The first-order chi connectivity index (χ1) is 40.2. The van der Waals surface area contributed by atoms with Crippen molar-refractivity contribution in [3.63, 3.8) is 0 Å². The molecule has 2 nitrogen and oxygen atoms in total. The van der Waals surface area contributed by atoms with Gasteiger partial charge in [-0.05, 0) is 101 Å². The summed E-state index contributed by atoms with van der Waals surface area (Å²) in [7, 11) is -6.20. The van der Waals surface area contributed by atoms with Crippen LogP contribution in [0.5, 0.6) is 0 Å². The standard InChI is InChI=1S/C72H52N2Si2/c1-7-25-53(26-8-1)54-27-23-38-63(51-54)76(60-34-15-5-16-35-60,61-36-17-6-18-37-61)71-44-24-43-70-72(71)65-40-20-22-42-68(65)74(70)56-47-50-69-66(52-56)64-39-19-21-41-67(64)73(69)55-45-48-62(49-46-55)75(57-28-9-2-10-29-57,58-30-11-3-12-31-58)59-32-13-4-14-33-59/h1-52H/i19D,21D,39D,41D,47D,50D. The zero-order valence-corrected chi connectivity index (χ0v) is 43.5. The average Bonchev–Trinajstić information content (AvgIpc) is 1.94. The summed E-state index contributed by atoms with van der Waals surface area (Å²) < 4.78 is 61.7. The molecule has 0 fully saturated rings. The van der Waals surface area contributed by atoms with Gasteiger partial charge in [-0.1, -0.05) is 267 Å². The first kappa shape index (κ1) is 39.2. The summed E-state index contributed by atoms with van der Waals surface area (Å²) in [4.78, 5) is 0. The molecule has 0 unspecified atom stereocenters. The van der Waals surface area contributed by atoms with E-state index < -0.39 is 16.1 Å². The number of fused-ring (bicyclic) bond motifs is 6. The molecule has 0 bridgehead atoms. The fourth-order valence-corrected chi connectivity index (χ4v) is 22.1. The molecule has 0 aliphatic heterocycles. The van der Waals surface area contributed by atoms with Crippen LogP contribution in [-0.4, -0.2) is 25.3 Å². The highest BCUT2D eigenvalue weighted by Gasteiger charge is 2.44. The number of hydrogen-bond acceptors (Lipinski definition) is 0. The summed E-state index contributed by atoms with van der Waals surface area (Å²) in [5.41, 5.74) is 5.61. The van der Waals surface area contributed by atoms with E-state index in [1.807, 2.05) is 48.5 Å². The van der Waals surface area contributed by atoms with Gasteiger partial charge in [-0.2, -0.15) is 0 Å². The van der Waals surface area contributed by atoms with Crippen LogP contribution in [0.15, 0.2) is 315 Å². The minimum atomic E-state index is -3.25. The highest BCUT2D eigenvalue weighted by molar-refractivity contribution is 7.21. The monoisotopic (exact) mass is 1010 g/mol. The van der Waals surface area contributed by atoms with Crippen LogP contribution in [0.3, 0.4) is 0 Å². The largest absolute Gasteiger partial charge is 0.309 e. The summed E-state index contributed by atoms with van der Waals surface area (Å²) in [5.74, 6) is 0. The van der Waals surface area contributed by atoms with Gasteiger partial charge in [0.2, 0.25) is 0 Å². The van der Waals surface area contributed by atoms with Crippen molar-refractivity contribution >= 4 is 101 Å². The van der Waals surface area contributed by atoms with Crippen molar-refractivity contribution in [1.82, 2.24) is 9.13 Å². The SMILES string of the molecule is [2H]c1c([2H])c([2H])c2c(c1[2H])c1cc(-n3c4ccccc4c4c([Si](c5ccccc5)(c5ccccc5)c5cccc(-c6ccccc6)c5)cccc43)c([2H])c([2H])c1n2-c1ccc([Si](c2ccccc2)(c2ccccc2)c2ccccc2)cc1. The predicted molar refractivity (Wildman–Crippen MR) is 328 cm³/mol.